The second-order valence-electron chi connectivity index (χ2n) is 9.78. The molecule has 0 saturated carbocycles. The lowest BCUT2D eigenvalue weighted by Crippen LogP contribution is -2.66. The van der Waals surface area contributed by atoms with Crippen molar-refractivity contribution in [2.24, 2.45) is 5.92 Å². The van der Waals surface area contributed by atoms with Crippen molar-refractivity contribution in [3.63, 3.8) is 0 Å². The van der Waals surface area contributed by atoms with Crippen LogP contribution in [0, 0.1) is 5.92 Å². The Balaban J connectivity index is 5.31. The SMILES string of the molecule is CCCCC(C)NCCC(CC)(NC(C)C(C)C)C(CC)NC(C)(C)CC. The minimum Gasteiger partial charge on any atom is -0.314 e. The molecule has 0 saturated heterocycles. The quantitative estimate of drug-likeness (QED) is 0.311. The predicted octanol–water partition coefficient (Wildman–Crippen LogP) is 5.88. The van der Waals surface area contributed by atoms with Gasteiger partial charge in [0.05, 0.1) is 0 Å². The summed E-state index contributed by atoms with van der Waals surface area (Å²) < 4.78 is 0. The summed E-state index contributed by atoms with van der Waals surface area (Å²) in [6.45, 7) is 24.4. The molecule has 3 heteroatoms. The number of hydrogen-bond donors (Lipinski definition) is 3. The normalized spacial score (nSPS) is 18.3. The zero-order valence-electron chi connectivity index (χ0n) is 20.5. The van der Waals surface area contributed by atoms with E-state index in [0.717, 1.165) is 25.8 Å². The Kier molecular flexibility index (Phi) is 13.1. The third kappa shape index (κ3) is 9.76. The average Bonchev–Trinajstić information content (AvgIpc) is 2.63. The van der Waals surface area contributed by atoms with Crippen LogP contribution in [0.15, 0.2) is 0 Å². The first-order chi connectivity index (χ1) is 12.6. The van der Waals surface area contributed by atoms with Crippen molar-refractivity contribution < 1.29 is 0 Å². The summed E-state index contributed by atoms with van der Waals surface area (Å²) in [5.74, 6) is 0.643. The third-order valence-corrected chi connectivity index (χ3v) is 6.72. The minimum atomic E-state index is 0.127. The minimum absolute atomic E-state index is 0.127. The summed E-state index contributed by atoms with van der Waals surface area (Å²) in [6.07, 6.45) is 8.51. The first kappa shape index (κ1) is 26.9. The van der Waals surface area contributed by atoms with E-state index < -0.39 is 0 Å². The van der Waals surface area contributed by atoms with Gasteiger partial charge in [-0.25, -0.2) is 0 Å². The molecule has 0 radical (unpaired) electrons. The molecule has 0 aromatic carbocycles. The Bertz CT molecular complexity index is 367. The van der Waals surface area contributed by atoms with Crippen LogP contribution in [-0.2, 0) is 0 Å². The van der Waals surface area contributed by atoms with Crippen LogP contribution in [0.3, 0.4) is 0 Å². The maximum Gasteiger partial charge on any atom is 0.0346 e. The van der Waals surface area contributed by atoms with E-state index in [0.29, 0.717) is 24.0 Å². The van der Waals surface area contributed by atoms with E-state index in [1.54, 1.807) is 0 Å². The van der Waals surface area contributed by atoms with Crippen LogP contribution in [-0.4, -0.2) is 35.7 Å². The molecule has 4 unspecified atom stereocenters. The van der Waals surface area contributed by atoms with Crippen LogP contribution in [0.1, 0.15) is 114 Å². The lowest BCUT2D eigenvalue weighted by atomic mass is 9.79. The fourth-order valence-electron chi connectivity index (χ4n) is 3.85. The van der Waals surface area contributed by atoms with Gasteiger partial charge in [-0.05, 0) is 72.3 Å². The molecular weight excluding hydrogens is 330 g/mol. The zero-order valence-corrected chi connectivity index (χ0v) is 20.5. The van der Waals surface area contributed by atoms with Gasteiger partial charge in [0.2, 0.25) is 0 Å². The van der Waals surface area contributed by atoms with Crippen molar-refractivity contribution in [1.29, 1.82) is 0 Å². The first-order valence-electron chi connectivity index (χ1n) is 11.9. The van der Waals surface area contributed by atoms with Crippen molar-refractivity contribution in [2.45, 2.75) is 143 Å². The third-order valence-electron chi connectivity index (χ3n) is 6.72. The summed E-state index contributed by atoms with van der Waals surface area (Å²) in [5.41, 5.74) is 0.300. The molecule has 3 N–H and O–H groups in total. The lowest BCUT2D eigenvalue weighted by Gasteiger charge is -2.47. The van der Waals surface area contributed by atoms with Crippen molar-refractivity contribution in [2.75, 3.05) is 6.54 Å². The van der Waals surface area contributed by atoms with Gasteiger partial charge in [0.25, 0.3) is 0 Å². The largest absolute Gasteiger partial charge is 0.314 e. The fraction of sp³-hybridized carbons (Fsp3) is 1.00. The van der Waals surface area contributed by atoms with Gasteiger partial charge in [-0.2, -0.15) is 0 Å². The molecule has 0 aliphatic carbocycles. The first-order valence-corrected chi connectivity index (χ1v) is 11.9. The van der Waals surface area contributed by atoms with Crippen LogP contribution in [0.25, 0.3) is 0 Å². The van der Waals surface area contributed by atoms with Gasteiger partial charge >= 0.3 is 0 Å². The van der Waals surface area contributed by atoms with E-state index in [4.69, 9.17) is 0 Å². The average molecular weight is 384 g/mol. The van der Waals surface area contributed by atoms with Crippen LogP contribution < -0.4 is 16.0 Å². The highest BCUT2D eigenvalue weighted by atomic mass is 15.1. The number of nitrogens with one attached hydrogen (secondary N) is 3. The summed E-state index contributed by atoms with van der Waals surface area (Å²) in [4.78, 5) is 0. The number of unbranched alkanes of at least 4 members (excludes halogenated alkanes) is 1. The van der Waals surface area contributed by atoms with Crippen LogP contribution in [0.5, 0.6) is 0 Å². The summed E-state index contributed by atoms with van der Waals surface area (Å²) in [5, 5.41) is 11.9. The second kappa shape index (κ2) is 13.2. The van der Waals surface area contributed by atoms with Crippen molar-refractivity contribution in [3.05, 3.63) is 0 Å². The van der Waals surface area contributed by atoms with Crippen LogP contribution in [0.2, 0.25) is 0 Å². The summed E-state index contributed by atoms with van der Waals surface area (Å²) in [7, 11) is 0. The molecule has 0 heterocycles. The monoisotopic (exact) mass is 383 g/mol. The molecule has 0 rings (SSSR count). The highest BCUT2D eigenvalue weighted by Crippen LogP contribution is 2.27. The van der Waals surface area contributed by atoms with Crippen molar-refractivity contribution in [1.82, 2.24) is 16.0 Å². The molecule has 164 valence electrons. The maximum absolute atomic E-state index is 4.09. The van der Waals surface area contributed by atoms with Gasteiger partial charge in [0, 0.05) is 29.2 Å². The molecule has 0 aromatic heterocycles. The molecule has 0 spiro atoms. The molecule has 0 fully saturated rings. The standard InChI is InChI=1S/C24H53N3/c1-11-15-16-20(7)25-18-17-24(14-4,26-21(8)19(5)6)22(12-2)27-23(9,10)13-3/h19-22,25-27H,11-18H2,1-10H3. The Morgan fingerprint density at radius 3 is 1.93 bits per heavy atom. The van der Waals surface area contributed by atoms with Gasteiger partial charge in [-0.1, -0.05) is 54.4 Å². The smallest absolute Gasteiger partial charge is 0.0346 e. The molecule has 0 bridgehead atoms. The van der Waals surface area contributed by atoms with Gasteiger partial charge in [0.1, 0.15) is 0 Å². The van der Waals surface area contributed by atoms with Gasteiger partial charge in [-0.3, -0.25) is 0 Å². The Morgan fingerprint density at radius 1 is 0.852 bits per heavy atom. The molecule has 0 aliphatic rings. The Hall–Kier alpha value is -0.120. The van der Waals surface area contributed by atoms with Crippen molar-refractivity contribution >= 4 is 0 Å². The van der Waals surface area contributed by atoms with Crippen molar-refractivity contribution in [3.8, 4) is 0 Å². The number of rotatable bonds is 16. The summed E-state index contributed by atoms with van der Waals surface area (Å²) in [6, 6.07) is 1.61. The molecule has 3 nitrogen and oxygen atoms in total. The fourth-order valence-corrected chi connectivity index (χ4v) is 3.85. The van der Waals surface area contributed by atoms with E-state index in [1.165, 1.54) is 25.7 Å². The molecule has 4 atom stereocenters. The Morgan fingerprint density at radius 2 is 1.48 bits per heavy atom. The van der Waals surface area contributed by atoms with E-state index in [-0.39, 0.29) is 11.1 Å². The maximum atomic E-state index is 4.09. The topological polar surface area (TPSA) is 36.1 Å². The van der Waals surface area contributed by atoms with Crippen LogP contribution in [0.4, 0.5) is 0 Å². The molecule has 0 aliphatic heterocycles. The number of hydrogen-bond acceptors (Lipinski definition) is 3. The second-order valence-corrected chi connectivity index (χ2v) is 9.78. The van der Waals surface area contributed by atoms with Crippen LogP contribution >= 0.6 is 0 Å². The van der Waals surface area contributed by atoms with E-state index in [9.17, 15) is 0 Å². The van der Waals surface area contributed by atoms with E-state index in [2.05, 4.69) is 85.2 Å². The van der Waals surface area contributed by atoms with Gasteiger partial charge in [-0.15, -0.1) is 0 Å². The van der Waals surface area contributed by atoms with E-state index in [1.807, 2.05) is 0 Å². The molecule has 27 heavy (non-hydrogen) atoms. The van der Waals surface area contributed by atoms with Gasteiger partial charge in [0.15, 0.2) is 0 Å². The zero-order chi connectivity index (χ0) is 21.1. The molecule has 0 aromatic rings. The van der Waals surface area contributed by atoms with E-state index >= 15 is 0 Å². The predicted molar refractivity (Wildman–Crippen MR) is 124 cm³/mol. The highest BCUT2D eigenvalue weighted by molar-refractivity contribution is 5.02. The molecule has 0 amide bonds. The summed E-state index contributed by atoms with van der Waals surface area (Å²) >= 11 is 0. The highest BCUT2D eigenvalue weighted by Gasteiger charge is 2.39. The molecular formula is C24H53N3. The lowest BCUT2D eigenvalue weighted by molar-refractivity contribution is 0.141. The van der Waals surface area contributed by atoms with Gasteiger partial charge < -0.3 is 16.0 Å². The Labute approximate surface area is 172 Å².